The highest BCUT2D eigenvalue weighted by Gasteiger charge is 2.19. The van der Waals surface area contributed by atoms with E-state index in [4.69, 9.17) is 0 Å². The molecule has 0 saturated carbocycles. The molecule has 1 heterocycles. The molecule has 116 valence electrons. The number of pyridine rings is 1. The second-order valence-electron chi connectivity index (χ2n) is 5.99. The van der Waals surface area contributed by atoms with E-state index in [1.54, 1.807) is 24.5 Å². The van der Waals surface area contributed by atoms with Gasteiger partial charge in [0.1, 0.15) is 0 Å². The van der Waals surface area contributed by atoms with E-state index in [9.17, 15) is 9.00 Å². The van der Waals surface area contributed by atoms with Crippen molar-refractivity contribution in [2.45, 2.75) is 31.3 Å². The Kier molecular flexibility index (Phi) is 5.08. The first-order valence-corrected chi connectivity index (χ1v) is 8.37. The first kappa shape index (κ1) is 16.4. The van der Waals surface area contributed by atoms with Crippen molar-refractivity contribution in [2.75, 3.05) is 5.32 Å². The van der Waals surface area contributed by atoms with Crippen LogP contribution in [-0.4, -0.2) is 19.8 Å². The predicted molar refractivity (Wildman–Crippen MR) is 90.2 cm³/mol. The smallest absolute Gasteiger partial charge is 0.255 e. The molecule has 0 bridgehead atoms. The highest BCUT2D eigenvalue weighted by atomic mass is 32.2. The topological polar surface area (TPSA) is 59.1 Å². The Labute approximate surface area is 133 Å². The van der Waals surface area contributed by atoms with Crippen LogP contribution in [0.25, 0.3) is 0 Å². The fourth-order valence-electron chi connectivity index (χ4n) is 1.81. The fourth-order valence-corrected chi connectivity index (χ4v) is 2.73. The first-order chi connectivity index (χ1) is 10.4. The van der Waals surface area contributed by atoms with Crippen molar-refractivity contribution in [3.05, 3.63) is 59.9 Å². The molecule has 5 heteroatoms. The molecule has 0 aliphatic heterocycles. The van der Waals surface area contributed by atoms with E-state index in [-0.39, 0.29) is 10.7 Å². The molecule has 0 fully saturated rings. The number of nitrogens with zero attached hydrogens (tertiary/aromatic N) is 1. The third-order valence-corrected chi connectivity index (χ3v) is 5.07. The van der Waals surface area contributed by atoms with Crippen molar-refractivity contribution >= 4 is 22.4 Å². The second-order valence-corrected chi connectivity index (χ2v) is 8.20. The summed E-state index contributed by atoms with van der Waals surface area (Å²) in [6.45, 7) is 5.87. The van der Waals surface area contributed by atoms with Gasteiger partial charge in [-0.2, -0.15) is 0 Å². The van der Waals surface area contributed by atoms with Crippen LogP contribution in [-0.2, 0) is 16.6 Å². The van der Waals surface area contributed by atoms with Gasteiger partial charge in [0.25, 0.3) is 5.91 Å². The Hall–Kier alpha value is -2.01. The van der Waals surface area contributed by atoms with Crippen LogP contribution in [0.5, 0.6) is 0 Å². The average Bonchev–Trinajstić information content (AvgIpc) is 2.47. The van der Waals surface area contributed by atoms with Gasteiger partial charge in [-0.05, 0) is 50.6 Å². The van der Waals surface area contributed by atoms with Crippen LogP contribution in [0, 0.1) is 0 Å². The molecule has 4 nitrogen and oxygen atoms in total. The van der Waals surface area contributed by atoms with E-state index < -0.39 is 10.8 Å². The fraction of sp³-hybridized carbons (Fsp3) is 0.294. The minimum absolute atomic E-state index is 0.184. The van der Waals surface area contributed by atoms with Crippen LogP contribution < -0.4 is 5.32 Å². The third-order valence-electron chi connectivity index (χ3n) is 3.11. The second kappa shape index (κ2) is 6.83. The maximum absolute atomic E-state index is 12.2. The van der Waals surface area contributed by atoms with Crippen LogP contribution in [0.15, 0.2) is 48.8 Å². The SMILES string of the molecule is CC(C)(C)S(=O)Cc1cccc(NC(=O)c2ccncc2)c1. The summed E-state index contributed by atoms with van der Waals surface area (Å²) >= 11 is 0. The Bertz CT molecular complexity index is 679. The number of anilines is 1. The number of aromatic nitrogens is 1. The molecule has 1 aromatic carbocycles. The van der Waals surface area contributed by atoms with Crippen molar-refractivity contribution in [2.24, 2.45) is 0 Å². The van der Waals surface area contributed by atoms with Gasteiger partial charge in [-0.25, -0.2) is 0 Å². The number of benzene rings is 1. The number of carbonyl (C=O) groups is 1. The summed E-state index contributed by atoms with van der Waals surface area (Å²) in [7, 11) is -0.966. The van der Waals surface area contributed by atoms with Crippen LogP contribution in [0.4, 0.5) is 5.69 Å². The highest BCUT2D eigenvalue weighted by Crippen LogP contribution is 2.19. The summed E-state index contributed by atoms with van der Waals surface area (Å²) in [4.78, 5) is 16.0. The number of hydrogen-bond acceptors (Lipinski definition) is 3. The third kappa shape index (κ3) is 4.49. The van der Waals surface area contributed by atoms with Crippen molar-refractivity contribution in [3.8, 4) is 0 Å². The minimum atomic E-state index is -0.966. The molecule has 0 spiro atoms. The molecule has 1 amide bonds. The molecule has 2 rings (SSSR count). The van der Waals surface area contributed by atoms with Crippen molar-refractivity contribution < 1.29 is 9.00 Å². The number of rotatable bonds is 4. The first-order valence-electron chi connectivity index (χ1n) is 7.05. The zero-order valence-electron chi connectivity index (χ0n) is 13.0. The quantitative estimate of drug-likeness (QED) is 0.940. The Morgan fingerprint density at radius 3 is 2.50 bits per heavy atom. The molecule has 1 aromatic heterocycles. The van der Waals surface area contributed by atoms with Gasteiger partial charge < -0.3 is 5.32 Å². The monoisotopic (exact) mass is 316 g/mol. The lowest BCUT2D eigenvalue weighted by molar-refractivity contribution is 0.102. The van der Waals surface area contributed by atoms with Gasteiger partial charge in [-0.3, -0.25) is 14.0 Å². The summed E-state index contributed by atoms with van der Waals surface area (Å²) in [6.07, 6.45) is 3.16. The largest absolute Gasteiger partial charge is 0.322 e. The molecule has 1 atom stereocenters. The van der Waals surface area contributed by atoms with Gasteiger partial charge in [0.05, 0.1) is 0 Å². The summed E-state index contributed by atoms with van der Waals surface area (Å²) in [5.41, 5.74) is 2.20. The lowest BCUT2D eigenvalue weighted by Gasteiger charge is -2.18. The molecule has 22 heavy (non-hydrogen) atoms. The van der Waals surface area contributed by atoms with Crippen molar-refractivity contribution in [3.63, 3.8) is 0 Å². The molecule has 1 N–H and O–H groups in total. The Morgan fingerprint density at radius 2 is 1.86 bits per heavy atom. The molecule has 0 saturated heterocycles. The van der Waals surface area contributed by atoms with Crippen LogP contribution in [0.3, 0.4) is 0 Å². The normalized spacial score (nSPS) is 12.7. The summed E-state index contributed by atoms with van der Waals surface area (Å²) < 4.78 is 12.0. The number of carbonyl (C=O) groups excluding carboxylic acids is 1. The Balaban J connectivity index is 2.09. The summed E-state index contributed by atoms with van der Waals surface area (Å²) in [5, 5.41) is 2.84. The zero-order chi connectivity index (χ0) is 16.2. The summed E-state index contributed by atoms with van der Waals surface area (Å²) in [5.74, 6) is 0.291. The van der Waals surface area contributed by atoms with Gasteiger partial charge in [-0.1, -0.05) is 12.1 Å². The molecule has 0 radical (unpaired) electrons. The lowest BCUT2D eigenvalue weighted by Crippen LogP contribution is -2.23. The molecule has 2 aromatic rings. The maximum Gasteiger partial charge on any atom is 0.255 e. The van der Waals surface area contributed by atoms with E-state index in [1.165, 1.54) is 0 Å². The van der Waals surface area contributed by atoms with Crippen LogP contribution in [0.1, 0.15) is 36.7 Å². The number of nitrogens with one attached hydrogen (secondary N) is 1. The standard InChI is InChI=1S/C17H20N2O2S/c1-17(2,3)22(21)12-13-5-4-6-15(11-13)19-16(20)14-7-9-18-10-8-14/h4-11H,12H2,1-3H3,(H,19,20). The predicted octanol–water partition coefficient (Wildman–Crippen LogP) is 3.38. The van der Waals surface area contributed by atoms with Gasteiger partial charge in [0, 0.05) is 44.9 Å². The van der Waals surface area contributed by atoms with Gasteiger partial charge >= 0.3 is 0 Å². The maximum atomic E-state index is 12.2. The number of hydrogen-bond donors (Lipinski definition) is 1. The van der Waals surface area contributed by atoms with Crippen molar-refractivity contribution in [1.82, 2.24) is 4.98 Å². The van der Waals surface area contributed by atoms with Gasteiger partial charge in [0.15, 0.2) is 0 Å². The van der Waals surface area contributed by atoms with E-state index in [2.05, 4.69) is 10.3 Å². The zero-order valence-corrected chi connectivity index (χ0v) is 13.8. The molecular formula is C17H20N2O2S. The molecule has 0 aliphatic rings. The van der Waals surface area contributed by atoms with Gasteiger partial charge in [-0.15, -0.1) is 0 Å². The molecular weight excluding hydrogens is 296 g/mol. The van der Waals surface area contributed by atoms with E-state index in [0.717, 1.165) is 5.56 Å². The summed E-state index contributed by atoms with van der Waals surface area (Å²) in [6, 6.07) is 10.8. The van der Waals surface area contributed by atoms with Gasteiger partial charge in [0.2, 0.25) is 0 Å². The lowest BCUT2D eigenvalue weighted by atomic mass is 10.2. The van der Waals surface area contributed by atoms with Crippen LogP contribution >= 0.6 is 0 Å². The van der Waals surface area contributed by atoms with Crippen molar-refractivity contribution in [1.29, 1.82) is 0 Å². The van der Waals surface area contributed by atoms with E-state index >= 15 is 0 Å². The van der Waals surface area contributed by atoms with E-state index in [0.29, 0.717) is 17.0 Å². The minimum Gasteiger partial charge on any atom is -0.322 e. The van der Waals surface area contributed by atoms with Crippen LogP contribution in [0.2, 0.25) is 0 Å². The molecule has 0 aliphatic carbocycles. The average molecular weight is 316 g/mol. The van der Waals surface area contributed by atoms with E-state index in [1.807, 2.05) is 45.0 Å². The Morgan fingerprint density at radius 1 is 1.18 bits per heavy atom. The molecule has 1 unspecified atom stereocenters. The highest BCUT2D eigenvalue weighted by molar-refractivity contribution is 7.85. The number of amides is 1.